The predicted octanol–water partition coefficient (Wildman–Crippen LogP) is 5.28. The van der Waals surface area contributed by atoms with Gasteiger partial charge in [0.05, 0.1) is 12.6 Å². The van der Waals surface area contributed by atoms with Crippen molar-refractivity contribution in [3.63, 3.8) is 0 Å². The molecule has 188 valence electrons. The number of nitrogens with zero attached hydrogens (tertiary/aromatic N) is 1. The van der Waals surface area contributed by atoms with Gasteiger partial charge in [0.25, 0.3) is 5.91 Å². The number of halogens is 1. The molecule has 4 rings (SSSR count). The van der Waals surface area contributed by atoms with Crippen molar-refractivity contribution in [2.24, 2.45) is 0 Å². The van der Waals surface area contributed by atoms with Gasteiger partial charge in [-0.3, -0.25) is 9.59 Å². The van der Waals surface area contributed by atoms with Crippen LogP contribution in [0.5, 0.6) is 11.5 Å². The topological polar surface area (TPSA) is 76.1 Å². The van der Waals surface area contributed by atoms with Gasteiger partial charge in [0.1, 0.15) is 29.5 Å². The summed E-state index contributed by atoms with van der Waals surface area (Å²) >= 11 is 0. The van der Waals surface area contributed by atoms with Crippen molar-refractivity contribution in [1.29, 1.82) is 0 Å². The molecule has 0 saturated carbocycles. The molecular weight excluding hydrogens is 461 g/mol. The Balaban J connectivity index is 1.55. The fourth-order valence-electron chi connectivity index (χ4n) is 4.55. The molecule has 1 unspecified atom stereocenters. The van der Waals surface area contributed by atoms with Gasteiger partial charge in [0.2, 0.25) is 0 Å². The number of carbonyl (C=O) groups is 2. The van der Waals surface area contributed by atoms with Crippen LogP contribution in [0.15, 0.2) is 66.7 Å². The van der Waals surface area contributed by atoms with Crippen LogP contribution in [-0.4, -0.2) is 40.1 Å². The van der Waals surface area contributed by atoms with Gasteiger partial charge in [-0.2, -0.15) is 0 Å². The minimum atomic E-state index is -1.10. The number of fused-ring (bicyclic) bond motifs is 1. The highest BCUT2D eigenvalue weighted by atomic mass is 19.1. The molecule has 1 atom stereocenters. The normalized spacial score (nSPS) is 16.4. The van der Waals surface area contributed by atoms with E-state index >= 15 is 0 Å². The SMILES string of the molecule is CC(C)Oc1ccccc1CN(CC(=O)O)C(=O)c1ccc2c(c1)CC(C)(Cc1ccccc1F)O2. The van der Waals surface area contributed by atoms with Crippen LogP contribution in [-0.2, 0) is 24.2 Å². The fraction of sp³-hybridized carbons (Fsp3) is 0.310. The van der Waals surface area contributed by atoms with Crippen molar-refractivity contribution in [2.45, 2.75) is 51.9 Å². The monoisotopic (exact) mass is 491 g/mol. The number of benzene rings is 3. The second kappa shape index (κ2) is 10.4. The summed E-state index contributed by atoms with van der Waals surface area (Å²) in [6.07, 6.45) is 0.821. The molecule has 1 aliphatic heterocycles. The molecule has 0 bridgehead atoms. The van der Waals surface area contributed by atoms with Crippen molar-refractivity contribution < 1.29 is 28.6 Å². The molecule has 0 aliphatic carbocycles. The third-order valence-electron chi connectivity index (χ3n) is 6.06. The number of ether oxygens (including phenoxy) is 2. The highest BCUT2D eigenvalue weighted by molar-refractivity contribution is 5.96. The van der Waals surface area contributed by atoms with Gasteiger partial charge >= 0.3 is 5.97 Å². The van der Waals surface area contributed by atoms with Crippen molar-refractivity contribution >= 4 is 11.9 Å². The zero-order valence-corrected chi connectivity index (χ0v) is 20.7. The average Bonchev–Trinajstić information content (AvgIpc) is 3.15. The summed E-state index contributed by atoms with van der Waals surface area (Å²) in [4.78, 5) is 26.3. The molecule has 0 saturated heterocycles. The third-order valence-corrected chi connectivity index (χ3v) is 6.06. The molecule has 1 amide bonds. The summed E-state index contributed by atoms with van der Waals surface area (Å²) < 4.78 is 26.2. The van der Waals surface area contributed by atoms with E-state index in [2.05, 4.69) is 0 Å². The first kappa shape index (κ1) is 25.2. The molecule has 3 aromatic rings. The molecule has 6 nitrogen and oxygen atoms in total. The lowest BCUT2D eigenvalue weighted by atomic mass is 9.91. The Labute approximate surface area is 210 Å². The van der Waals surface area contributed by atoms with Crippen LogP contribution in [0.1, 0.15) is 47.8 Å². The minimum Gasteiger partial charge on any atom is -0.491 e. The maximum atomic E-state index is 14.2. The lowest BCUT2D eigenvalue weighted by molar-refractivity contribution is -0.137. The Morgan fingerprint density at radius 3 is 2.47 bits per heavy atom. The van der Waals surface area contributed by atoms with E-state index in [4.69, 9.17) is 9.47 Å². The Kier molecular flexibility index (Phi) is 7.29. The molecule has 1 aliphatic rings. The Bertz CT molecular complexity index is 1270. The van der Waals surface area contributed by atoms with E-state index in [9.17, 15) is 19.1 Å². The molecule has 1 heterocycles. The number of carbonyl (C=O) groups excluding carboxylic acids is 1. The lowest BCUT2D eigenvalue weighted by Gasteiger charge is -2.24. The molecule has 36 heavy (non-hydrogen) atoms. The van der Waals surface area contributed by atoms with Crippen LogP contribution >= 0.6 is 0 Å². The number of hydrogen-bond acceptors (Lipinski definition) is 4. The van der Waals surface area contributed by atoms with Crippen LogP contribution < -0.4 is 9.47 Å². The molecule has 0 radical (unpaired) electrons. The summed E-state index contributed by atoms with van der Waals surface area (Å²) in [5.74, 6) is -0.525. The van der Waals surface area contributed by atoms with E-state index in [0.717, 1.165) is 11.1 Å². The largest absolute Gasteiger partial charge is 0.491 e. The van der Waals surface area contributed by atoms with Gasteiger partial charge in [-0.25, -0.2) is 4.39 Å². The van der Waals surface area contributed by atoms with E-state index in [1.54, 1.807) is 36.4 Å². The maximum absolute atomic E-state index is 14.2. The molecule has 0 spiro atoms. The van der Waals surface area contributed by atoms with E-state index in [1.165, 1.54) is 11.0 Å². The van der Waals surface area contributed by atoms with E-state index in [1.807, 2.05) is 45.0 Å². The summed E-state index contributed by atoms with van der Waals surface area (Å²) in [5.41, 5.74) is 1.84. The maximum Gasteiger partial charge on any atom is 0.323 e. The molecule has 1 N–H and O–H groups in total. The number of amides is 1. The number of aliphatic carboxylic acids is 1. The van der Waals surface area contributed by atoms with Gasteiger partial charge in [-0.15, -0.1) is 0 Å². The highest BCUT2D eigenvalue weighted by Crippen LogP contribution is 2.38. The Hall–Kier alpha value is -3.87. The first-order valence-corrected chi connectivity index (χ1v) is 11.9. The molecule has 3 aromatic carbocycles. The first-order valence-electron chi connectivity index (χ1n) is 11.9. The fourth-order valence-corrected chi connectivity index (χ4v) is 4.55. The van der Waals surface area contributed by atoms with Crippen molar-refractivity contribution in [1.82, 2.24) is 4.90 Å². The van der Waals surface area contributed by atoms with Crippen LogP contribution in [0.4, 0.5) is 4.39 Å². The minimum absolute atomic E-state index is 0.0647. The smallest absolute Gasteiger partial charge is 0.323 e. The number of hydrogen-bond donors (Lipinski definition) is 1. The van der Waals surface area contributed by atoms with Crippen LogP contribution in [0.25, 0.3) is 0 Å². The quantitative estimate of drug-likeness (QED) is 0.441. The second-order valence-electron chi connectivity index (χ2n) is 9.65. The first-order chi connectivity index (χ1) is 17.1. The summed E-state index contributed by atoms with van der Waals surface area (Å²) in [6, 6.07) is 19.0. The zero-order valence-electron chi connectivity index (χ0n) is 20.7. The number of para-hydroxylation sites is 1. The van der Waals surface area contributed by atoms with Crippen molar-refractivity contribution in [3.8, 4) is 11.5 Å². The van der Waals surface area contributed by atoms with Crippen molar-refractivity contribution in [2.75, 3.05) is 6.54 Å². The van der Waals surface area contributed by atoms with Crippen LogP contribution in [0, 0.1) is 5.82 Å². The van der Waals surface area contributed by atoms with Gasteiger partial charge < -0.3 is 19.5 Å². The number of rotatable bonds is 9. The van der Waals surface area contributed by atoms with E-state index in [-0.39, 0.29) is 18.5 Å². The standard InChI is InChI=1S/C29H30FNO5/c1-19(2)35-25-11-7-5-9-22(25)17-31(18-27(32)33)28(34)20-12-13-26-23(14-20)16-29(3,36-26)15-21-8-4-6-10-24(21)30/h4-14,19H,15-18H2,1-3H3,(H,32,33). The van der Waals surface area contributed by atoms with Crippen LogP contribution in [0.3, 0.4) is 0 Å². The Morgan fingerprint density at radius 2 is 1.78 bits per heavy atom. The predicted molar refractivity (Wildman–Crippen MR) is 134 cm³/mol. The van der Waals surface area contributed by atoms with Gasteiger partial charge in [0, 0.05) is 24.0 Å². The van der Waals surface area contributed by atoms with Gasteiger partial charge in [-0.1, -0.05) is 36.4 Å². The lowest BCUT2D eigenvalue weighted by Crippen LogP contribution is -2.35. The zero-order chi connectivity index (χ0) is 25.9. The summed E-state index contributed by atoms with van der Waals surface area (Å²) in [6.45, 7) is 5.37. The summed E-state index contributed by atoms with van der Waals surface area (Å²) in [7, 11) is 0. The number of carboxylic acid groups (broad SMARTS) is 1. The van der Waals surface area contributed by atoms with Gasteiger partial charge in [-0.05, 0) is 62.2 Å². The molecule has 0 fully saturated rings. The molecule has 0 aromatic heterocycles. The average molecular weight is 492 g/mol. The third kappa shape index (κ3) is 5.85. The van der Waals surface area contributed by atoms with E-state index < -0.39 is 24.0 Å². The Morgan fingerprint density at radius 1 is 1.08 bits per heavy atom. The second-order valence-corrected chi connectivity index (χ2v) is 9.65. The van der Waals surface area contributed by atoms with Crippen LogP contribution in [0.2, 0.25) is 0 Å². The molecule has 7 heteroatoms. The highest BCUT2D eigenvalue weighted by Gasteiger charge is 2.36. The summed E-state index contributed by atoms with van der Waals surface area (Å²) in [5, 5.41) is 9.48. The van der Waals surface area contributed by atoms with E-state index in [0.29, 0.717) is 35.5 Å². The van der Waals surface area contributed by atoms with Gasteiger partial charge in [0.15, 0.2) is 0 Å². The van der Waals surface area contributed by atoms with Crippen molar-refractivity contribution in [3.05, 3.63) is 94.8 Å². The number of carboxylic acids is 1. The molecular formula is C29H30FNO5.